The fraction of sp³-hybridized carbons (Fsp3) is 0.0556. The second kappa shape index (κ2) is 10.8. The fourth-order valence-electron chi connectivity index (χ4n) is 2.72. The molecule has 0 aliphatic heterocycles. The van der Waals surface area contributed by atoms with Crippen molar-refractivity contribution in [3.8, 4) is 5.75 Å². The normalized spacial score (nSPS) is 12.4. The van der Waals surface area contributed by atoms with Crippen LogP contribution in [0.15, 0.2) is 73.5 Å². The van der Waals surface area contributed by atoms with E-state index in [1.165, 1.54) is 12.1 Å². The Morgan fingerprint density at radius 2 is 1.52 bits per heavy atom. The standard InChI is InChI=1S/C18H15N3O8S2.2Li/c1-10(22)19-14-9-13(30(24,25)26)7-11-8-15(31(27,28)29)17(18(23)16(11)14)21-20-12-5-3-2-4-6-12;;/h2-9,23H,1H3,(H,19,22)(H,24,25,26)(H,27,28,29);;/q;2*+1/p-2. The van der Waals surface area contributed by atoms with Crippen molar-refractivity contribution in [3.05, 3.63) is 48.5 Å². The van der Waals surface area contributed by atoms with Gasteiger partial charge in [-0.3, -0.25) is 14.1 Å². The molecule has 0 aliphatic carbocycles. The van der Waals surface area contributed by atoms with Gasteiger partial charge in [0.15, 0.2) is 0 Å². The zero-order valence-corrected chi connectivity index (χ0v) is 19.3. The summed E-state index contributed by atoms with van der Waals surface area (Å²) in [5, 5.41) is 31.3. The molecule has 33 heavy (non-hydrogen) atoms. The van der Waals surface area contributed by atoms with Gasteiger partial charge in [-0.25, -0.2) is 0 Å². The number of fused-ring (bicyclic) bond motifs is 1. The summed E-state index contributed by atoms with van der Waals surface area (Å²) >= 11 is 0. The first-order valence-electron chi connectivity index (χ1n) is 8.34. The van der Waals surface area contributed by atoms with Gasteiger partial charge in [-0.1, -0.05) is 23.9 Å². The molecule has 3 rings (SSSR count). The summed E-state index contributed by atoms with van der Waals surface area (Å²) in [6, 6.07) is 10.4. The first-order valence-corrected chi connectivity index (χ1v) is 11.2. The zero-order chi connectivity index (χ0) is 23.0. The van der Waals surface area contributed by atoms with Gasteiger partial charge in [-0.2, -0.15) is 21.9 Å². The molecule has 0 spiro atoms. The minimum Gasteiger partial charge on any atom is -0.870 e. The number of rotatable bonds is 5. The van der Waals surface area contributed by atoms with Crippen molar-refractivity contribution >= 4 is 54.0 Å². The molecule has 3 aromatic rings. The maximum absolute atomic E-state index is 13.1. The zero-order valence-electron chi connectivity index (χ0n) is 17.6. The Balaban J connectivity index is 0.00000272. The van der Waals surface area contributed by atoms with Crippen LogP contribution in [0.3, 0.4) is 0 Å². The second-order valence-corrected chi connectivity index (χ2v) is 9.02. The van der Waals surface area contributed by atoms with Crippen molar-refractivity contribution in [2.24, 2.45) is 15.2 Å². The Bertz CT molecular complexity index is 1460. The maximum atomic E-state index is 13.1. The molecule has 15 heteroatoms. The fourth-order valence-corrected chi connectivity index (χ4v) is 3.91. The number of benzene rings is 3. The Labute approximate surface area is 213 Å². The van der Waals surface area contributed by atoms with Gasteiger partial charge >= 0.3 is 37.7 Å². The van der Waals surface area contributed by atoms with Crippen LogP contribution in [0.2, 0.25) is 0 Å². The Morgan fingerprint density at radius 3 is 2.03 bits per heavy atom. The van der Waals surface area contributed by atoms with Gasteiger partial charge in [-0.05, 0) is 48.5 Å². The van der Waals surface area contributed by atoms with E-state index in [0.29, 0.717) is 0 Å². The third kappa shape index (κ3) is 6.66. The summed E-state index contributed by atoms with van der Waals surface area (Å²) in [6.07, 6.45) is 0. The van der Waals surface area contributed by atoms with E-state index in [2.05, 4.69) is 15.2 Å². The number of aliphatic imine (C=N–C) groups is 1. The van der Waals surface area contributed by atoms with Gasteiger partial charge in [0.2, 0.25) is 0 Å². The molecule has 162 valence electrons. The summed E-state index contributed by atoms with van der Waals surface area (Å²) in [4.78, 5) is 1.90. The first kappa shape index (κ1) is 28.8. The average molecular weight is 477 g/mol. The van der Waals surface area contributed by atoms with Crippen molar-refractivity contribution in [3.63, 3.8) is 0 Å². The molecular formula is C18H13Li2N3O8S2. The Hall–Kier alpha value is -2.20. The predicted octanol–water partition coefficient (Wildman–Crippen LogP) is -3.76. The topological polar surface area (TPSA) is 192 Å². The van der Waals surface area contributed by atoms with Crippen LogP contribution in [0.4, 0.5) is 17.1 Å². The quantitative estimate of drug-likeness (QED) is 0.123. The minimum absolute atomic E-state index is 0. The van der Waals surface area contributed by atoms with E-state index >= 15 is 0 Å². The van der Waals surface area contributed by atoms with E-state index in [4.69, 9.17) is 0 Å². The van der Waals surface area contributed by atoms with E-state index in [1.54, 1.807) is 18.2 Å². The minimum atomic E-state index is -5.00. The van der Waals surface area contributed by atoms with Crippen LogP contribution in [0.5, 0.6) is 5.75 Å². The molecule has 0 saturated heterocycles. The molecule has 0 atom stereocenters. The van der Waals surface area contributed by atoms with Crippen molar-refractivity contribution in [2.75, 3.05) is 0 Å². The molecule has 2 N–H and O–H groups in total. The van der Waals surface area contributed by atoms with E-state index in [9.17, 15) is 36.2 Å². The van der Waals surface area contributed by atoms with E-state index in [0.717, 1.165) is 25.1 Å². The maximum Gasteiger partial charge on any atom is 1.00 e. The Kier molecular flexibility index (Phi) is 9.46. The number of hydrogen-bond acceptors (Lipinski definition) is 9. The van der Waals surface area contributed by atoms with Crippen molar-refractivity contribution in [1.29, 1.82) is 0 Å². The molecule has 0 aromatic heterocycles. The predicted molar refractivity (Wildman–Crippen MR) is 106 cm³/mol. The van der Waals surface area contributed by atoms with E-state index in [-0.39, 0.29) is 54.2 Å². The molecule has 0 amide bonds. The number of nitrogens with zero attached hydrogens (tertiary/aromatic N) is 3. The van der Waals surface area contributed by atoms with Crippen LogP contribution in [0.25, 0.3) is 10.8 Å². The third-order valence-corrected chi connectivity index (χ3v) is 5.66. The number of azo groups is 1. The van der Waals surface area contributed by atoms with Crippen molar-refractivity contribution < 1.29 is 73.9 Å². The van der Waals surface area contributed by atoms with Gasteiger partial charge < -0.3 is 10.2 Å². The van der Waals surface area contributed by atoms with Crippen LogP contribution in [0.1, 0.15) is 6.92 Å². The average Bonchev–Trinajstić information content (AvgIpc) is 2.65. The van der Waals surface area contributed by atoms with Crippen molar-refractivity contribution in [2.45, 2.75) is 16.7 Å². The van der Waals surface area contributed by atoms with Gasteiger partial charge in [0.05, 0.1) is 22.0 Å². The van der Waals surface area contributed by atoms with Gasteiger partial charge in [0.25, 0.3) is 20.2 Å². The second-order valence-electron chi connectivity index (χ2n) is 6.21. The van der Waals surface area contributed by atoms with Gasteiger partial charge in [-0.15, -0.1) is 5.11 Å². The summed E-state index contributed by atoms with van der Waals surface area (Å²) in [5.74, 6) is -1.87. The summed E-state index contributed by atoms with van der Waals surface area (Å²) < 4.78 is 65.8. The van der Waals surface area contributed by atoms with Crippen LogP contribution in [-0.2, 0) is 20.2 Å². The molecule has 0 fully saturated rings. The summed E-state index contributed by atoms with van der Waals surface area (Å²) in [7, 11) is -9.80. The molecule has 0 bridgehead atoms. The summed E-state index contributed by atoms with van der Waals surface area (Å²) in [6.45, 7) is 1.04. The molecule has 3 aromatic carbocycles. The van der Waals surface area contributed by atoms with Gasteiger partial charge in [0.1, 0.15) is 4.90 Å². The Morgan fingerprint density at radius 1 is 0.909 bits per heavy atom. The van der Waals surface area contributed by atoms with Crippen LogP contribution >= 0.6 is 0 Å². The molecule has 0 radical (unpaired) electrons. The first-order chi connectivity index (χ1) is 14.4. The molecule has 0 aliphatic rings. The van der Waals surface area contributed by atoms with Gasteiger partial charge in [0, 0.05) is 5.39 Å². The molecule has 11 nitrogen and oxygen atoms in total. The van der Waals surface area contributed by atoms with Crippen LogP contribution in [-0.4, -0.2) is 31.8 Å². The third-order valence-electron chi connectivity index (χ3n) is 3.96. The summed E-state index contributed by atoms with van der Waals surface area (Å²) in [5.41, 5.74) is -0.919. The van der Waals surface area contributed by atoms with Crippen LogP contribution < -0.4 is 47.9 Å². The molecular weight excluding hydrogens is 464 g/mol. The number of hydrogen-bond donors (Lipinski definition) is 2. The SMILES string of the molecule is CC([O-])=Nc1cc(S(=O)(=O)O)cc2cc(S(=O)(=O)O)c(N=Nc3ccccc3)c([O-])c12.[Li+].[Li+]. The molecule has 0 unspecified atom stereocenters. The van der Waals surface area contributed by atoms with Crippen LogP contribution in [0, 0.1) is 0 Å². The van der Waals surface area contributed by atoms with E-state index < -0.39 is 53.0 Å². The smallest absolute Gasteiger partial charge is 0.870 e. The monoisotopic (exact) mass is 477 g/mol. The molecule has 0 heterocycles. The largest absolute Gasteiger partial charge is 1.00 e. The molecule has 0 saturated carbocycles. The van der Waals surface area contributed by atoms with Crippen molar-refractivity contribution in [1.82, 2.24) is 0 Å². The van der Waals surface area contributed by atoms with E-state index in [1.807, 2.05) is 0 Å².